The molecule has 0 saturated carbocycles. The lowest BCUT2D eigenvalue weighted by Crippen LogP contribution is -2.13. The average molecular weight is 399 g/mol. The third-order valence-corrected chi connectivity index (χ3v) is 5.08. The Morgan fingerprint density at radius 2 is 1.74 bits per heavy atom. The van der Waals surface area contributed by atoms with E-state index in [1.54, 1.807) is 78.6 Å². The number of benzene rings is 2. The van der Waals surface area contributed by atoms with Crippen molar-refractivity contribution in [1.29, 1.82) is 0 Å². The fraction of sp³-hybridized carbons (Fsp3) is 0.143. The Labute approximate surface area is 167 Å². The highest BCUT2D eigenvalue weighted by Gasteiger charge is 2.12. The number of nitrogens with zero attached hydrogens (tertiary/aromatic N) is 1. The van der Waals surface area contributed by atoms with E-state index in [1.807, 2.05) is 0 Å². The van der Waals surface area contributed by atoms with Gasteiger partial charge in [-0.15, -0.1) is 11.8 Å². The highest BCUT2D eigenvalue weighted by Crippen LogP contribution is 2.25. The molecule has 0 aliphatic rings. The molecule has 4 nitrogen and oxygen atoms in total. The van der Waals surface area contributed by atoms with E-state index in [-0.39, 0.29) is 5.91 Å². The van der Waals surface area contributed by atoms with Gasteiger partial charge in [0.15, 0.2) is 0 Å². The van der Waals surface area contributed by atoms with E-state index < -0.39 is 0 Å². The number of ether oxygens (including phenoxy) is 1. The topological polar surface area (TPSA) is 51.2 Å². The standard InChI is InChI=1S/C21H19ClN2O2S/c1-2-14-27-21-19(4-3-13-23-21)20(25)24-16-7-11-18(12-8-16)26-17-9-5-15(22)6-10-17/h3-13H,2,14H2,1H3,(H,24,25). The summed E-state index contributed by atoms with van der Waals surface area (Å²) >= 11 is 7.46. The normalized spacial score (nSPS) is 10.4. The van der Waals surface area contributed by atoms with Gasteiger partial charge in [0.25, 0.3) is 5.91 Å². The minimum atomic E-state index is -0.173. The molecule has 1 heterocycles. The molecular formula is C21H19ClN2O2S. The lowest BCUT2D eigenvalue weighted by molar-refractivity contribution is 0.102. The van der Waals surface area contributed by atoms with E-state index in [9.17, 15) is 4.79 Å². The first-order valence-corrected chi connectivity index (χ1v) is 9.94. The number of amides is 1. The molecule has 1 aromatic heterocycles. The summed E-state index contributed by atoms with van der Waals surface area (Å²) in [6.45, 7) is 2.10. The van der Waals surface area contributed by atoms with Gasteiger partial charge in [-0.3, -0.25) is 4.79 Å². The summed E-state index contributed by atoms with van der Waals surface area (Å²) in [5, 5.41) is 4.32. The summed E-state index contributed by atoms with van der Waals surface area (Å²) in [7, 11) is 0. The van der Waals surface area contributed by atoms with E-state index in [0.29, 0.717) is 27.8 Å². The molecule has 0 spiro atoms. The van der Waals surface area contributed by atoms with Gasteiger partial charge in [-0.05, 0) is 72.8 Å². The first-order chi connectivity index (χ1) is 13.2. The zero-order valence-electron chi connectivity index (χ0n) is 14.8. The first kappa shape index (κ1) is 19.3. The maximum atomic E-state index is 12.6. The Morgan fingerprint density at radius 3 is 2.41 bits per heavy atom. The minimum absolute atomic E-state index is 0.173. The molecule has 2 aromatic carbocycles. The number of halogens is 1. The van der Waals surface area contributed by atoms with Crippen LogP contribution in [-0.4, -0.2) is 16.6 Å². The molecule has 27 heavy (non-hydrogen) atoms. The number of aromatic nitrogens is 1. The maximum absolute atomic E-state index is 12.6. The third kappa shape index (κ3) is 5.49. The van der Waals surface area contributed by atoms with Crippen LogP contribution in [0.25, 0.3) is 0 Å². The largest absolute Gasteiger partial charge is 0.457 e. The maximum Gasteiger partial charge on any atom is 0.258 e. The molecule has 0 saturated heterocycles. The molecule has 0 atom stereocenters. The van der Waals surface area contributed by atoms with Crippen LogP contribution in [0.4, 0.5) is 5.69 Å². The molecule has 0 aliphatic heterocycles. The summed E-state index contributed by atoms with van der Waals surface area (Å²) in [5.41, 5.74) is 1.27. The zero-order chi connectivity index (χ0) is 19.1. The average Bonchev–Trinajstić information content (AvgIpc) is 2.70. The predicted octanol–water partition coefficient (Wildman–Crippen LogP) is 6.28. The minimum Gasteiger partial charge on any atom is -0.457 e. The Morgan fingerprint density at radius 1 is 1.07 bits per heavy atom. The number of rotatable bonds is 7. The second kappa shape index (κ2) is 9.44. The lowest BCUT2D eigenvalue weighted by Gasteiger charge is -2.10. The monoisotopic (exact) mass is 398 g/mol. The molecule has 3 aromatic rings. The molecule has 0 fully saturated rings. The van der Waals surface area contributed by atoms with Gasteiger partial charge in [-0.2, -0.15) is 0 Å². The number of thioether (sulfide) groups is 1. The van der Waals surface area contributed by atoms with Gasteiger partial charge >= 0.3 is 0 Å². The summed E-state index contributed by atoms with van der Waals surface area (Å²) in [4.78, 5) is 16.9. The van der Waals surface area contributed by atoms with Crippen LogP contribution in [0.15, 0.2) is 71.9 Å². The molecule has 0 radical (unpaired) electrons. The summed E-state index contributed by atoms with van der Waals surface area (Å²) in [5.74, 6) is 2.13. The van der Waals surface area contributed by atoms with E-state index >= 15 is 0 Å². The van der Waals surface area contributed by atoms with Crippen molar-refractivity contribution in [2.45, 2.75) is 18.4 Å². The smallest absolute Gasteiger partial charge is 0.258 e. The Kier molecular flexibility index (Phi) is 6.74. The van der Waals surface area contributed by atoms with Crippen molar-refractivity contribution in [1.82, 2.24) is 4.98 Å². The second-order valence-electron chi connectivity index (χ2n) is 5.74. The fourth-order valence-electron chi connectivity index (χ4n) is 2.32. The van der Waals surface area contributed by atoms with E-state index in [0.717, 1.165) is 17.2 Å². The van der Waals surface area contributed by atoms with Gasteiger partial charge in [0.05, 0.1) is 5.56 Å². The van der Waals surface area contributed by atoms with Gasteiger partial charge in [0.2, 0.25) is 0 Å². The van der Waals surface area contributed by atoms with Crippen LogP contribution in [0, 0.1) is 0 Å². The summed E-state index contributed by atoms with van der Waals surface area (Å²) in [6, 6.07) is 17.9. The zero-order valence-corrected chi connectivity index (χ0v) is 16.4. The summed E-state index contributed by atoms with van der Waals surface area (Å²) < 4.78 is 5.76. The van der Waals surface area contributed by atoms with Crippen molar-refractivity contribution in [3.05, 3.63) is 77.4 Å². The number of carbonyl (C=O) groups excluding carboxylic acids is 1. The van der Waals surface area contributed by atoms with Crippen molar-refractivity contribution in [3.8, 4) is 11.5 Å². The molecule has 0 bridgehead atoms. The summed E-state index contributed by atoms with van der Waals surface area (Å²) in [6.07, 6.45) is 2.73. The molecular weight excluding hydrogens is 380 g/mol. The van der Waals surface area contributed by atoms with Gasteiger partial charge in [-0.1, -0.05) is 18.5 Å². The SMILES string of the molecule is CCCSc1ncccc1C(=O)Nc1ccc(Oc2ccc(Cl)cc2)cc1. The number of nitrogens with one attached hydrogen (secondary N) is 1. The van der Waals surface area contributed by atoms with E-state index in [1.165, 1.54) is 0 Å². The van der Waals surface area contributed by atoms with Crippen LogP contribution in [-0.2, 0) is 0 Å². The number of hydrogen-bond donors (Lipinski definition) is 1. The lowest BCUT2D eigenvalue weighted by atomic mass is 10.2. The van der Waals surface area contributed by atoms with Gasteiger partial charge in [0.1, 0.15) is 16.5 Å². The molecule has 1 amide bonds. The van der Waals surface area contributed by atoms with Crippen LogP contribution >= 0.6 is 23.4 Å². The van der Waals surface area contributed by atoms with Crippen molar-refractivity contribution in [2.24, 2.45) is 0 Å². The first-order valence-electron chi connectivity index (χ1n) is 8.58. The second-order valence-corrected chi connectivity index (χ2v) is 7.26. The quantitative estimate of drug-likeness (QED) is 0.475. The van der Waals surface area contributed by atoms with Crippen LogP contribution in [0.2, 0.25) is 5.02 Å². The van der Waals surface area contributed by atoms with Crippen LogP contribution in [0.3, 0.4) is 0 Å². The highest BCUT2D eigenvalue weighted by molar-refractivity contribution is 7.99. The number of anilines is 1. The van der Waals surface area contributed by atoms with Gasteiger partial charge in [0, 0.05) is 16.9 Å². The van der Waals surface area contributed by atoms with Crippen molar-refractivity contribution in [3.63, 3.8) is 0 Å². The van der Waals surface area contributed by atoms with Crippen molar-refractivity contribution in [2.75, 3.05) is 11.1 Å². The fourth-order valence-corrected chi connectivity index (χ4v) is 3.30. The predicted molar refractivity (Wildman–Crippen MR) is 111 cm³/mol. The van der Waals surface area contributed by atoms with Crippen molar-refractivity contribution < 1.29 is 9.53 Å². The van der Waals surface area contributed by atoms with E-state index in [4.69, 9.17) is 16.3 Å². The molecule has 0 aliphatic carbocycles. The highest BCUT2D eigenvalue weighted by atomic mass is 35.5. The number of carbonyl (C=O) groups is 1. The van der Waals surface area contributed by atoms with Crippen LogP contribution in [0.1, 0.15) is 23.7 Å². The molecule has 6 heteroatoms. The molecule has 1 N–H and O–H groups in total. The van der Waals surface area contributed by atoms with Crippen LogP contribution in [0.5, 0.6) is 11.5 Å². The van der Waals surface area contributed by atoms with Gasteiger partial charge < -0.3 is 10.1 Å². The van der Waals surface area contributed by atoms with Gasteiger partial charge in [-0.25, -0.2) is 4.98 Å². The Bertz CT molecular complexity index is 899. The Hall–Kier alpha value is -2.50. The molecule has 3 rings (SSSR count). The Balaban J connectivity index is 1.66. The van der Waals surface area contributed by atoms with Crippen molar-refractivity contribution >= 4 is 35.0 Å². The number of pyridine rings is 1. The van der Waals surface area contributed by atoms with E-state index in [2.05, 4.69) is 17.2 Å². The number of hydrogen-bond acceptors (Lipinski definition) is 4. The third-order valence-electron chi connectivity index (χ3n) is 3.62. The van der Waals surface area contributed by atoms with Crippen LogP contribution < -0.4 is 10.1 Å². The molecule has 138 valence electrons. The molecule has 0 unspecified atom stereocenters.